The second-order valence-electron chi connectivity index (χ2n) is 13.9. The molecular weight excluding hydrogens is 685 g/mol. The van der Waals surface area contributed by atoms with Crippen LogP contribution in [0.15, 0.2) is 66.8 Å². The lowest BCUT2D eigenvalue weighted by atomic mass is 9.91. The summed E-state index contributed by atoms with van der Waals surface area (Å²) in [4.78, 5) is 49.7. The van der Waals surface area contributed by atoms with E-state index in [-0.39, 0.29) is 26.2 Å². The van der Waals surface area contributed by atoms with Gasteiger partial charge >= 0.3 is 21.0 Å². The van der Waals surface area contributed by atoms with Crippen LogP contribution in [0.3, 0.4) is 0 Å². The number of carboxylic acids is 1. The van der Waals surface area contributed by atoms with Crippen LogP contribution in [0.25, 0.3) is 0 Å². The maximum atomic E-state index is 13.1. The lowest BCUT2D eigenvalue weighted by Crippen LogP contribution is -2.45. The maximum Gasteiger partial charge on any atom is 0.519 e. The number of benzene rings is 1. The fourth-order valence-electron chi connectivity index (χ4n) is 5.23. The summed E-state index contributed by atoms with van der Waals surface area (Å²) in [5.74, 6) is -3.80. The molecule has 3 atom stereocenters. The SMILES string of the molecule is CC(C)(CCO[Si+](c1ccccc1)C1C=CC=CC1)COS(=O)(=O)CCOC[C@@H]1C[C@H](NC(=O)/C=C\C(=O)O)C(=O)N1CC(=O)OC(C)(C)C. The summed E-state index contributed by atoms with van der Waals surface area (Å²) in [6.45, 7) is 8.53. The molecule has 1 aromatic rings. The topological polar surface area (TPSA) is 175 Å². The highest BCUT2D eigenvalue weighted by molar-refractivity contribution is 7.86. The zero-order valence-electron chi connectivity index (χ0n) is 29.3. The Hall–Kier alpha value is -3.63. The fraction of sp³-hybridized carbons (Fsp3) is 0.543. The summed E-state index contributed by atoms with van der Waals surface area (Å²) >= 11 is 0. The number of rotatable bonds is 19. The average molecular weight is 734 g/mol. The first-order chi connectivity index (χ1) is 23.4. The third-order valence-electron chi connectivity index (χ3n) is 7.77. The van der Waals surface area contributed by atoms with Crippen LogP contribution in [0.2, 0.25) is 5.54 Å². The summed E-state index contributed by atoms with van der Waals surface area (Å²) in [5.41, 5.74) is -0.997. The monoisotopic (exact) mass is 733 g/mol. The summed E-state index contributed by atoms with van der Waals surface area (Å²) in [6.07, 6.45) is 11.4. The Labute approximate surface area is 296 Å². The largest absolute Gasteiger partial charge is 0.519 e. The molecule has 1 unspecified atom stereocenters. The molecular formula is C35H49N2O11SSi+. The molecule has 50 heavy (non-hydrogen) atoms. The van der Waals surface area contributed by atoms with Gasteiger partial charge in [-0.2, -0.15) is 8.42 Å². The van der Waals surface area contributed by atoms with Gasteiger partial charge in [-0.3, -0.25) is 18.6 Å². The van der Waals surface area contributed by atoms with Crippen molar-refractivity contribution in [3.05, 3.63) is 66.8 Å². The summed E-state index contributed by atoms with van der Waals surface area (Å²) in [6, 6.07) is 8.44. The van der Waals surface area contributed by atoms with Crippen molar-refractivity contribution in [2.24, 2.45) is 5.41 Å². The number of esters is 1. The third kappa shape index (κ3) is 14.3. The molecule has 0 radical (unpaired) electrons. The highest BCUT2D eigenvalue weighted by atomic mass is 32.2. The molecule has 2 amide bonds. The van der Waals surface area contributed by atoms with Gasteiger partial charge in [0, 0.05) is 18.6 Å². The minimum atomic E-state index is -3.96. The van der Waals surface area contributed by atoms with Crippen LogP contribution in [0.1, 0.15) is 53.9 Å². The molecule has 0 bridgehead atoms. The molecule has 274 valence electrons. The molecule has 1 heterocycles. The zero-order valence-corrected chi connectivity index (χ0v) is 31.1. The van der Waals surface area contributed by atoms with Gasteiger partial charge in [-0.15, -0.1) is 0 Å². The number of allylic oxidation sites excluding steroid dienone is 4. The number of nitrogens with one attached hydrogen (secondary N) is 1. The van der Waals surface area contributed by atoms with E-state index < -0.39 is 78.3 Å². The van der Waals surface area contributed by atoms with Crippen molar-refractivity contribution in [3.8, 4) is 0 Å². The molecule has 1 aromatic carbocycles. The summed E-state index contributed by atoms with van der Waals surface area (Å²) in [5, 5.41) is 12.4. The van der Waals surface area contributed by atoms with Gasteiger partial charge in [0.05, 0.1) is 38.2 Å². The number of carboxylic acid groups (broad SMARTS) is 1. The van der Waals surface area contributed by atoms with Crippen molar-refractivity contribution in [2.45, 2.75) is 77.1 Å². The van der Waals surface area contributed by atoms with Crippen LogP contribution in [0.4, 0.5) is 0 Å². The lowest BCUT2D eigenvalue weighted by Gasteiger charge is -2.26. The predicted molar refractivity (Wildman–Crippen MR) is 188 cm³/mol. The Bertz CT molecular complexity index is 1520. The molecule has 2 N–H and O–H groups in total. The van der Waals surface area contributed by atoms with Crippen LogP contribution in [-0.4, -0.2) is 108 Å². The first-order valence-corrected chi connectivity index (χ1v) is 19.6. The van der Waals surface area contributed by atoms with Crippen LogP contribution in [0, 0.1) is 5.41 Å². The minimum Gasteiger partial charge on any atom is -0.478 e. The molecule has 0 saturated carbocycles. The number of amides is 2. The molecule has 2 aliphatic rings. The van der Waals surface area contributed by atoms with Gasteiger partial charge in [0.1, 0.15) is 28.9 Å². The second kappa shape index (κ2) is 18.6. The maximum absolute atomic E-state index is 13.1. The van der Waals surface area contributed by atoms with Crippen LogP contribution in [-0.2, 0) is 47.4 Å². The predicted octanol–water partition coefficient (Wildman–Crippen LogP) is 2.64. The van der Waals surface area contributed by atoms with Crippen LogP contribution < -0.4 is 10.5 Å². The second-order valence-corrected chi connectivity index (χ2v) is 18.0. The molecule has 1 fully saturated rings. The molecule has 3 rings (SSSR count). The van der Waals surface area contributed by atoms with Crippen molar-refractivity contribution in [1.29, 1.82) is 0 Å². The Balaban J connectivity index is 1.49. The van der Waals surface area contributed by atoms with Crippen molar-refractivity contribution in [3.63, 3.8) is 0 Å². The number of nitrogens with zero attached hydrogens (tertiary/aromatic N) is 1. The van der Waals surface area contributed by atoms with E-state index in [2.05, 4.69) is 29.6 Å². The number of aliphatic carboxylic acids is 1. The standard InChI is InChI=1S/C35H48N2O11SSi/c1-34(2,3)48-32(41)23-37-26(22-29(33(37)42)36-30(38)16-17-31(39)40)24-45-20-21-49(43,44)46-25-35(4,5)18-19-47-50(27-12-8-6-9-13-27)28-14-10-7-11-15-28/h6-14,16-17,26,28-29H,15,18-25H2,1-5H3,(H-,36,38,39,40)/p+1/b17-16-/t26-,28?,29-/m0/s1. The number of carbonyl (C=O) groups excluding carboxylic acids is 3. The summed E-state index contributed by atoms with van der Waals surface area (Å²) < 4.78 is 48.3. The number of hydrogen-bond donors (Lipinski definition) is 2. The first-order valence-electron chi connectivity index (χ1n) is 16.5. The Morgan fingerprint density at radius 2 is 1.78 bits per heavy atom. The van der Waals surface area contributed by atoms with E-state index in [4.69, 9.17) is 23.2 Å². The van der Waals surface area contributed by atoms with E-state index >= 15 is 0 Å². The van der Waals surface area contributed by atoms with E-state index in [1.54, 1.807) is 20.8 Å². The Morgan fingerprint density at radius 3 is 2.42 bits per heavy atom. The quantitative estimate of drug-likeness (QED) is 0.0704. The van der Waals surface area contributed by atoms with E-state index in [0.717, 1.165) is 12.5 Å². The summed E-state index contributed by atoms with van der Waals surface area (Å²) in [7, 11) is -5.31. The molecule has 15 heteroatoms. The van der Waals surface area contributed by atoms with Gasteiger partial charge in [-0.1, -0.05) is 50.3 Å². The highest BCUT2D eigenvalue weighted by Crippen LogP contribution is 2.26. The smallest absolute Gasteiger partial charge is 0.478 e. The number of likely N-dealkylation sites (tertiary alicyclic amines) is 1. The number of ether oxygens (including phenoxy) is 2. The average Bonchev–Trinajstić information content (AvgIpc) is 3.32. The van der Waals surface area contributed by atoms with Crippen LogP contribution >= 0.6 is 0 Å². The molecule has 1 aliphatic heterocycles. The fourth-order valence-corrected chi connectivity index (χ4v) is 8.45. The van der Waals surface area contributed by atoms with Gasteiger partial charge in [-0.05, 0) is 57.2 Å². The van der Waals surface area contributed by atoms with Crippen LogP contribution in [0.5, 0.6) is 0 Å². The van der Waals surface area contributed by atoms with Crippen molar-refractivity contribution in [1.82, 2.24) is 10.2 Å². The van der Waals surface area contributed by atoms with E-state index in [9.17, 15) is 27.6 Å². The molecule has 0 aromatic heterocycles. The third-order valence-corrected chi connectivity index (χ3v) is 11.4. The molecule has 1 aliphatic carbocycles. The number of carbonyl (C=O) groups is 4. The lowest BCUT2D eigenvalue weighted by molar-refractivity contribution is -0.159. The van der Waals surface area contributed by atoms with Gasteiger partial charge in [0.15, 0.2) is 0 Å². The van der Waals surface area contributed by atoms with Crippen molar-refractivity contribution in [2.75, 3.05) is 38.7 Å². The van der Waals surface area contributed by atoms with E-state index in [1.807, 2.05) is 44.2 Å². The Kier molecular flexibility index (Phi) is 15.1. The zero-order chi connectivity index (χ0) is 37.0. The molecule has 13 nitrogen and oxygen atoms in total. The molecule has 1 saturated heterocycles. The van der Waals surface area contributed by atoms with Gasteiger partial charge in [0.25, 0.3) is 10.1 Å². The van der Waals surface area contributed by atoms with Gasteiger partial charge < -0.3 is 24.8 Å². The number of hydrogen-bond acceptors (Lipinski definition) is 10. The van der Waals surface area contributed by atoms with Crippen molar-refractivity contribution < 1.29 is 50.8 Å². The van der Waals surface area contributed by atoms with Gasteiger partial charge in [0.2, 0.25) is 11.8 Å². The normalized spacial score (nSPS) is 19.6. The van der Waals surface area contributed by atoms with E-state index in [0.29, 0.717) is 24.6 Å². The molecule has 0 spiro atoms. The van der Waals surface area contributed by atoms with E-state index in [1.165, 1.54) is 10.1 Å². The Morgan fingerprint density at radius 1 is 1.06 bits per heavy atom. The highest BCUT2D eigenvalue weighted by Gasteiger charge is 2.43. The van der Waals surface area contributed by atoms with Crippen molar-refractivity contribution >= 4 is 48.1 Å². The minimum absolute atomic E-state index is 0.0450. The first kappa shape index (κ1) is 40.8. The van der Waals surface area contributed by atoms with Gasteiger partial charge in [-0.25, -0.2) is 9.22 Å².